The fourth-order valence-electron chi connectivity index (χ4n) is 1.01. The molecule has 0 fully saturated rings. The van der Waals surface area contributed by atoms with E-state index in [1.165, 1.54) is 0 Å². The third-order valence-electron chi connectivity index (χ3n) is 1.82. The Morgan fingerprint density at radius 2 is 2.07 bits per heavy atom. The van der Waals surface area contributed by atoms with Gasteiger partial charge in [0.05, 0.1) is 6.61 Å². The van der Waals surface area contributed by atoms with Gasteiger partial charge in [-0.15, -0.1) is 0 Å². The van der Waals surface area contributed by atoms with Crippen LogP contribution in [0.3, 0.4) is 0 Å². The Labute approximate surface area is 93.5 Å². The molecule has 1 unspecified atom stereocenters. The molecular formula is C10H20O4S. The van der Waals surface area contributed by atoms with Crippen LogP contribution in [-0.2, 0) is 20.3 Å². The number of carbonyl (C=O) groups is 1. The molecule has 15 heavy (non-hydrogen) atoms. The van der Waals surface area contributed by atoms with Crippen LogP contribution in [0.1, 0.15) is 32.6 Å². The summed E-state index contributed by atoms with van der Waals surface area (Å²) < 4.78 is 16.1. The normalized spacial score (nSPS) is 12.4. The van der Waals surface area contributed by atoms with Crippen molar-refractivity contribution in [2.24, 2.45) is 0 Å². The van der Waals surface area contributed by atoms with Crippen molar-refractivity contribution in [2.45, 2.75) is 32.6 Å². The van der Waals surface area contributed by atoms with Crippen molar-refractivity contribution >= 4 is 16.8 Å². The van der Waals surface area contributed by atoms with Crippen LogP contribution in [0.2, 0.25) is 0 Å². The van der Waals surface area contributed by atoms with E-state index in [2.05, 4.69) is 6.92 Å². The van der Waals surface area contributed by atoms with Gasteiger partial charge in [-0.3, -0.25) is 9.00 Å². The summed E-state index contributed by atoms with van der Waals surface area (Å²) in [6, 6.07) is 0. The second-order valence-electron chi connectivity index (χ2n) is 3.29. The minimum Gasteiger partial charge on any atom is -0.465 e. The average molecular weight is 236 g/mol. The molecule has 0 aromatic heterocycles. The molecule has 0 saturated carbocycles. The Morgan fingerprint density at radius 3 is 2.67 bits per heavy atom. The fourth-order valence-corrected chi connectivity index (χ4v) is 1.95. The van der Waals surface area contributed by atoms with Gasteiger partial charge in [-0.1, -0.05) is 19.8 Å². The molecule has 0 aromatic carbocycles. The van der Waals surface area contributed by atoms with Crippen LogP contribution in [0.15, 0.2) is 0 Å². The van der Waals surface area contributed by atoms with Crippen molar-refractivity contribution in [1.29, 1.82) is 0 Å². The molecule has 0 aromatic rings. The molecule has 0 spiro atoms. The van der Waals surface area contributed by atoms with E-state index in [4.69, 9.17) is 9.84 Å². The predicted molar refractivity (Wildman–Crippen MR) is 60.1 cm³/mol. The topological polar surface area (TPSA) is 63.6 Å². The molecule has 0 heterocycles. The molecule has 0 radical (unpaired) electrons. The highest BCUT2D eigenvalue weighted by molar-refractivity contribution is 7.85. The lowest BCUT2D eigenvalue weighted by Gasteiger charge is -2.03. The first-order valence-corrected chi connectivity index (χ1v) is 6.81. The monoisotopic (exact) mass is 236 g/mol. The molecule has 0 aliphatic rings. The number of rotatable bonds is 9. The summed E-state index contributed by atoms with van der Waals surface area (Å²) in [6.45, 7) is 2.51. The number of hydrogen-bond acceptors (Lipinski definition) is 4. The van der Waals surface area contributed by atoms with Crippen LogP contribution >= 0.6 is 0 Å². The summed E-state index contributed by atoms with van der Waals surface area (Å²) in [5.41, 5.74) is 0. The maximum Gasteiger partial charge on any atom is 0.318 e. The van der Waals surface area contributed by atoms with Crippen molar-refractivity contribution in [3.63, 3.8) is 0 Å². The van der Waals surface area contributed by atoms with E-state index >= 15 is 0 Å². The van der Waals surface area contributed by atoms with Gasteiger partial charge in [0.2, 0.25) is 0 Å². The Balaban J connectivity index is 3.43. The molecule has 90 valence electrons. The van der Waals surface area contributed by atoms with Crippen molar-refractivity contribution in [3.05, 3.63) is 0 Å². The number of esters is 1. The zero-order chi connectivity index (χ0) is 11.5. The maximum atomic E-state index is 11.2. The minimum atomic E-state index is -1.19. The van der Waals surface area contributed by atoms with E-state index in [1.807, 2.05) is 0 Å². The van der Waals surface area contributed by atoms with E-state index in [9.17, 15) is 9.00 Å². The van der Waals surface area contributed by atoms with Gasteiger partial charge in [-0.25, -0.2) is 0 Å². The molecule has 1 N–H and O–H groups in total. The van der Waals surface area contributed by atoms with Crippen LogP contribution in [0, 0.1) is 0 Å². The zero-order valence-corrected chi connectivity index (χ0v) is 10.1. The van der Waals surface area contributed by atoms with Crippen molar-refractivity contribution in [2.75, 3.05) is 24.7 Å². The summed E-state index contributed by atoms with van der Waals surface area (Å²) in [4.78, 5) is 11.1. The molecule has 0 amide bonds. The smallest absolute Gasteiger partial charge is 0.318 e. The zero-order valence-electron chi connectivity index (χ0n) is 9.24. The lowest BCUT2D eigenvalue weighted by atomic mass is 10.3. The highest BCUT2D eigenvalue weighted by Crippen LogP contribution is 1.96. The molecule has 0 saturated heterocycles. The summed E-state index contributed by atoms with van der Waals surface area (Å²) >= 11 is 0. The number of carbonyl (C=O) groups excluding carboxylic acids is 1. The van der Waals surface area contributed by atoms with Gasteiger partial charge in [0.15, 0.2) is 0 Å². The molecule has 0 aliphatic heterocycles. The molecule has 4 nitrogen and oxygen atoms in total. The Kier molecular flexibility index (Phi) is 9.83. The number of aliphatic hydroxyl groups is 1. The van der Waals surface area contributed by atoms with Crippen LogP contribution in [0.25, 0.3) is 0 Å². The van der Waals surface area contributed by atoms with Gasteiger partial charge in [-0.05, 0) is 12.8 Å². The molecule has 0 bridgehead atoms. The van der Waals surface area contributed by atoms with Crippen molar-refractivity contribution in [3.8, 4) is 0 Å². The van der Waals surface area contributed by atoms with Gasteiger partial charge >= 0.3 is 5.97 Å². The third-order valence-corrected chi connectivity index (χ3v) is 3.12. The van der Waals surface area contributed by atoms with Crippen molar-refractivity contribution < 1.29 is 18.8 Å². The first kappa shape index (κ1) is 14.6. The molecule has 5 heteroatoms. The number of ether oxygens (including phenoxy) is 1. The van der Waals surface area contributed by atoms with E-state index in [0.717, 1.165) is 19.3 Å². The average Bonchev–Trinajstić information content (AvgIpc) is 2.21. The Bertz CT molecular complexity index is 194. The fraction of sp³-hybridized carbons (Fsp3) is 0.900. The first-order chi connectivity index (χ1) is 7.20. The molecule has 0 aliphatic carbocycles. The van der Waals surface area contributed by atoms with E-state index in [-0.39, 0.29) is 12.4 Å². The van der Waals surface area contributed by atoms with Crippen LogP contribution in [0.5, 0.6) is 0 Å². The molecule has 0 rings (SSSR count). The predicted octanol–water partition coefficient (Wildman–Crippen LogP) is 0.851. The first-order valence-electron chi connectivity index (χ1n) is 5.32. The Hall–Kier alpha value is -0.420. The highest BCUT2D eigenvalue weighted by atomic mass is 32.2. The van der Waals surface area contributed by atoms with Gasteiger partial charge in [0.1, 0.15) is 5.75 Å². The quantitative estimate of drug-likeness (QED) is 0.476. The summed E-state index contributed by atoms with van der Waals surface area (Å²) in [6.07, 6.45) is 3.46. The van der Waals surface area contributed by atoms with Gasteiger partial charge < -0.3 is 9.84 Å². The number of hydrogen-bond donors (Lipinski definition) is 1. The van der Waals surface area contributed by atoms with E-state index in [1.54, 1.807) is 0 Å². The second kappa shape index (κ2) is 10.1. The standard InChI is InChI=1S/C10H20O4S/c1-2-3-4-7-14-10(12)9-15(13)8-5-6-11/h11H,2-9H2,1H3. The summed E-state index contributed by atoms with van der Waals surface area (Å²) in [7, 11) is -1.19. The van der Waals surface area contributed by atoms with Crippen LogP contribution in [0.4, 0.5) is 0 Å². The lowest BCUT2D eigenvalue weighted by molar-refractivity contribution is -0.140. The SMILES string of the molecule is CCCCCOC(=O)CS(=O)CCCO. The third kappa shape index (κ3) is 9.87. The van der Waals surface area contributed by atoms with Crippen LogP contribution < -0.4 is 0 Å². The highest BCUT2D eigenvalue weighted by Gasteiger charge is 2.08. The van der Waals surface area contributed by atoms with E-state index in [0.29, 0.717) is 18.8 Å². The van der Waals surface area contributed by atoms with Gasteiger partial charge in [0, 0.05) is 23.2 Å². The molecular weight excluding hydrogens is 216 g/mol. The largest absolute Gasteiger partial charge is 0.465 e. The van der Waals surface area contributed by atoms with Gasteiger partial charge in [0.25, 0.3) is 0 Å². The number of aliphatic hydroxyl groups excluding tert-OH is 1. The second-order valence-corrected chi connectivity index (χ2v) is 4.87. The van der Waals surface area contributed by atoms with E-state index < -0.39 is 16.8 Å². The van der Waals surface area contributed by atoms with Crippen LogP contribution in [-0.4, -0.2) is 40.0 Å². The summed E-state index contributed by atoms with van der Waals surface area (Å²) in [5, 5.41) is 8.50. The van der Waals surface area contributed by atoms with Crippen molar-refractivity contribution in [1.82, 2.24) is 0 Å². The molecule has 1 atom stereocenters. The minimum absolute atomic E-state index is 0.0112. The lowest BCUT2D eigenvalue weighted by Crippen LogP contribution is -2.17. The number of unbranched alkanes of at least 4 members (excludes halogenated alkanes) is 2. The summed E-state index contributed by atoms with van der Waals surface area (Å²) in [5.74, 6) is -0.0884. The van der Waals surface area contributed by atoms with Gasteiger partial charge in [-0.2, -0.15) is 0 Å². The maximum absolute atomic E-state index is 11.2. The Morgan fingerprint density at radius 1 is 1.33 bits per heavy atom.